The van der Waals surface area contributed by atoms with Crippen molar-refractivity contribution < 1.29 is 45.3 Å². The maximum Gasteiger partial charge on any atom is 0.796 e. The van der Waals surface area contributed by atoms with E-state index in [0.717, 1.165) is 0 Å². The number of benzene rings is 2. The van der Waals surface area contributed by atoms with Gasteiger partial charge in [0.2, 0.25) is 0 Å². The molecule has 10 nitrogen and oxygen atoms in total. The molecule has 0 fully saturated rings. The largest absolute Gasteiger partial charge is 0.796 e. The van der Waals surface area contributed by atoms with Gasteiger partial charge in [-0.15, -0.1) is 0 Å². The Morgan fingerprint density at radius 1 is 0.755 bits per heavy atom. The van der Waals surface area contributed by atoms with Crippen LogP contribution < -0.4 is 30.4 Å². The van der Waals surface area contributed by atoms with Crippen molar-refractivity contribution in [1.29, 1.82) is 0 Å². The molecule has 0 unspecified atom stereocenters. The Balaban J connectivity index is 1.54. The summed E-state index contributed by atoms with van der Waals surface area (Å²) in [7, 11) is -6.62. The Morgan fingerprint density at radius 3 is 1.65 bits per heavy atom. The highest BCUT2D eigenvalue weighted by Gasteiger charge is 2.29. The maximum atomic E-state index is 13.4. The van der Waals surface area contributed by atoms with Crippen LogP contribution in [0.25, 0.3) is 27.7 Å². The van der Waals surface area contributed by atoms with Crippen LogP contribution in [0.3, 0.4) is 0 Å². The highest BCUT2D eigenvalue weighted by Crippen LogP contribution is 2.35. The van der Waals surface area contributed by atoms with E-state index < -0.39 is 60.4 Å². The Morgan fingerprint density at radius 2 is 1.20 bits per heavy atom. The van der Waals surface area contributed by atoms with E-state index in [0.29, 0.717) is 37.6 Å². The quantitative estimate of drug-likeness (QED) is 0.0298. The number of nitrogens with zero attached hydrogens (tertiary/aromatic N) is 2. The van der Waals surface area contributed by atoms with E-state index >= 15 is 0 Å². The number of hydrogen-bond donors (Lipinski definition) is 1. The van der Waals surface area contributed by atoms with E-state index in [-0.39, 0.29) is 47.6 Å². The molecule has 1 N–H and O–H groups in total. The van der Waals surface area contributed by atoms with Crippen molar-refractivity contribution in [3.8, 4) is 11.5 Å². The molecule has 2 aromatic heterocycles. The van der Waals surface area contributed by atoms with E-state index in [9.17, 15) is 36.8 Å². The molecule has 4 rings (SSSR count). The van der Waals surface area contributed by atoms with E-state index in [1.807, 2.05) is 37.5 Å². The molecule has 2 heterocycles. The number of fused-ring (bicyclic) bond motifs is 2. The van der Waals surface area contributed by atoms with E-state index in [1.54, 1.807) is 12.1 Å². The van der Waals surface area contributed by atoms with Crippen molar-refractivity contribution in [3.05, 3.63) is 74.4 Å². The van der Waals surface area contributed by atoms with Crippen LogP contribution in [0.4, 0.5) is 28.6 Å². The number of rotatable bonds is 17. The lowest BCUT2D eigenvalue weighted by molar-refractivity contribution is 0.0974. The van der Waals surface area contributed by atoms with E-state index in [1.165, 1.54) is 30.3 Å². The number of aliphatic hydroxyl groups is 1. The number of hydrogen-bond acceptors (Lipinski definition) is 10. The number of anilines is 2. The van der Waals surface area contributed by atoms with Crippen LogP contribution in [0.1, 0.15) is 69.3 Å². The molecule has 0 aliphatic carbocycles. The molecule has 0 aliphatic rings. The van der Waals surface area contributed by atoms with Crippen LogP contribution in [0.2, 0.25) is 0 Å². The Labute approximate surface area is 280 Å². The fourth-order valence-corrected chi connectivity index (χ4v) is 5.67. The van der Waals surface area contributed by atoms with Crippen LogP contribution >= 0.6 is 0 Å². The van der Waals surface area contributed by atoms with Gasteiger partial charge in [0.25, 0.3) is 0 Å². The second-order valence-electron chi connectivity index (χ2n) is 10.9. The summed E-state index contributed by atoms with van der Waals surface area (Å²) in [5.41, 5.74) is -2.08. The number of carbonyl (C=O) groups is 1. The highest BCUT2D eigenvalue weighted by atomic mass is 19.2. The Bertz CT molecular complexity index is 1940. The molecule has 0 atom stereocenters. The minimum Gasteiger partial charge on any atom is -0.507 e. The van der Waals surface area contributed by atoms with Gasteiger partial charge in [-0.05, 0) is 77.3 Å². The molecule has 0 saturated heterocycles. The molecular formula is C33H36B2F4N2O8. The van der Waals surface area contributed by atoms with Gasteiger partial charge in [0.15, 0.2) is 5.78 Å². The first-order valence-corrected chi connectivity index (χ1v) is 16.0. The number of Topliss-reactive ketones (excluding diaryl/α,β-unsaturated/α-hetero) is 1. The molecular weight excluding hydrogens is 650 g/mol. The fraction of sp³-hybridized carbons (Fsp3) is 0.364. The van der Waals surface area contributed by atoms with E-state index in [2.05, 4.69) is 9.31 Å². The molecule has 260 valence electrons. The van der Waals surface area contributed by atoms with Crippen LogP contribution in [0.5, 0.6) is 11.5 Å². The number of halogens is 4. The average molecular weight is 686 g/mol. The van der Waals surface area contributed by atoms with Gasteiger partial charge in [-0.2, -0.15) is 0 Å². The average Bonchev–Trinajstić information content (AvgIpc) is 3.04. The third kappa shape index (κ3) is 8.41. The van der Waals surface area contributed by atoms with Gasteiger partial charge >= 0.3 is 26.2 Å². The van der Waals surface area contributed by atoms with Crippen LogP contribution in [0.15, 0.2) is 60.9 Å². The number of unbranched alkanes of at least 4 members (excludes halogenated alkanes) is 2. The van der Waals surface area contributed by atoms with E-state index in [4.69, 9.17) is 8.83 Å². The van der Waals surface area contributed by atoms with Crippen molar-refractivity contribution in [2.75, 3.05) is 36.0 Å². The second kappa shape index (κ2) is 16.5. The summed E-state index contributed by atoms with van der Waals surface area (Å²) in [6.07, 6.45) is 1.32. The van der Waals surface area contributed by atoms with Crippen LogP contribution in [0, 0.1) is 0 Å². The van der Waals surface area contributed by atoms with Gasteiger partial charge in [0, 0.05) is 56.1 Å². The molecule has 0 saturated carbocycles. The maximum absolute atomic E-state index is 13.4. The van der Waals surface area contributed by atoms with Gasteiger partial charge in [-0.25, -0.2) is 26.9 Å². The fourth-order valence-electron chi connectivity index (χ4n) is 5.67. The van der Waals surface area contributed by atoms with Crippen molar-refractivity contribution >= 4 is 59.8 Å². The zero-order valence-electron chi connectivity index (χ0n) is 27.6. The second-order valence-corrected chi connectivity index (χ2v) is 10.9. The van der Waals surface area contributed by atoms with Crippen molar-refractivity contribution in [1.82, 2.24) is 0 Å². The van der Waals surface area contributed by atoms with Crippen molar-refractivity contribution in [3.63, 3.8) is 0 Å². The normalized spacial score (nSPS) is 11.6. The van der Waals surface area contributed by atoms with Gasteiger partial charge in [-0.1, -0.05) is 0 Å². The third-order valence-electron chi connectivity index (χ3n) is 8.09. The zero-order valence-corrected chi connectivity index (χ0v) is 27.6. The van der Waals surface area contributed by atoms with Crippen LogP contribution in [-0.2, 0) is 0 Å². The number of carbonyl (C=O) groups excluding carboxylic acids is 1. The van der Waals surface area contributed by atoms with Gasteiger partial charge in [-0.3, -0.25) is 4.79 Å². The summed E-state index contributed by atoms with van der Waals surface area (Å²) in [4.78, 5) is 42.8. The molecule has 16 heteroatoms. The Kier molecular flexibility index (Phi) is 12.4. The molecule has 0 bridgehead atoms. The summed E-state index contributed by atoms with van der Waals surface area (Å²) in [5, 5.41) is 10.8. The Hall–Kier alpha value is -4.88. The first-order valence-electron chi connectivity index (χ1n) is 16.0. The summed E-state index contributed by atoms with van der Waals surface area (Å²) in [6, 6.07) is 9.27. The SMILES string of the molecule is CCN(CC)c1ccc2c(OB(F)F)c(C(=O)CCCC/C=C(\O)c3c(OB(F)F)c4ccc(N(CC)CC)cc4oc3=O)c(=O)oc2c1. The summed E-state index contributed by atoms with van der Waals surface area (Å²) < 4.78 is 73.7. The van der Waals surface area contributed by atoms with Gasteiger partial charge < -0.3 is 33.0 Å². The monoisotopic (exact) mass is 686 g/mol. The number of aliphatic hydroxyl groups excluding tert-OH is 1. The smallest absolute Gasteiger partial charge is 0.507 e. The standard InChI is InChI=1S/C33H36B2F4N2O8/c1-5-40(6-2)20-14-16-22-26(18-20)46-32(44)28(30(22)48-34(36)37)24(42)12-10-9-11-13-25(43)29-31(49-35(38)39)23-17-15-21(41(7-3)8-4)19-27(23)47-33(29)45/h12,14-19,42H,5-11,13H2,1-4H3/b24-12-. The molecule has 0 amide bonds. The molecule has 49 heavy (non-hydrogen) atoms. The number of allylic oxidation sites excluding steroid dienone is 1. The zero-order chi connectivity index (χ0) is 35.8. The third-order valence-corrected chi connectivity index (χ3v) is 8.09. The molecule has 4 aromatic rings. The minimum absolute atomic E-state index is 0.00203. The van der Waals surface area contributed by atoms with Gasteiger partial charge in [0.1, 0.15) is 39.6 Å². The lowest BCUT2D eigenvalue weighted by Crippen LogP contribution is -2.22. The summed E-state index contributed by atoms with van der Waals surface area (Å²) >= 11 is 0. The highest BCUT2D eigenvalue weighted by molar-refractivity contribution is 6.36. The first-order chi connectivity index (χ1) is 23.4. The van der Waals surface area contributed by atoms with Crippen LogP contribution in [-0.4, -0.2) is 52.0 Å². The molecule has 0 aliphatic heterocycles. The summed E-state index contributed by atoms with van der Waals surface area (Å²) in [5.74, 6) is -2.58. The molecule has 0 radical (unpaired) electrons. The van der Waals surface area contributed by atoms with Gasteiger partial charge in [0.05, 0.1) is 10.8 Å². The predicted octanol–water partition coefficient (Wildman–Crippen LogP) is 7.54. The minimum atomic E-state index is -3.32. The van der Waals surface area contributed by atoms with Crippen molar-refractivity contribution in [2.24, 2.45) is 0 Å². The number of ketones is 1. The summed E-state index contributed by atoms with van der Waals surface area (Å²) in [6.45, 7) is 10.3. The lowest BCUT2D eigenvalue weighted by Gasteiger charge is -2.21. The molecule has 2 aromatic carbocycles. The van der Waals surface area contributed by atoms with Crippen molar-refractivity contribution in [2.45, 2.75) is 53.4 Å². The lowest BCUT2D eigenvalue weighted by atomic mass is 10.0. The first kappa shape index (κ1) is 36.9. The topological polar surface area (TPSA) is 123 Å². The molecule has 0 spiro atoms. The predicted molar refractivity (Wildman–Crippen MR) is 183 cm³/mol.